The van der Waals surface area contributed by atoms with E-state index in [1.54, 1.807) is 6.21 Å². The van der Waals surface area contributed by atoms with Gasteiger partial charge in [-0.15, -0.1) is 0 Å². The maximum absolute atomic E-state index is 6.05. The molecule has 0 fully saturated rings. The zero-order valence-corrected chi connectivity index (χ0v) is 17.9. The lowest BCUT2D eigenvalue weighted by molar-refractivity contribution is 0.304. The van der Waals surface area contributed by atoms with Crippen LogP contribution in [0.4, 0.5) is 5.95 Å². The fourth-order valence-electron chi connectivity index (χ4n) is 2.73. The summed E-state index contributed by atoms with van der Waals surface area (Å²) in [5.41, 5.74) is 6.71. The summed E-state index contributed by atoms with van der Waals surface area (Å²) in [6.45, 7) is 0.471. The van der Waals surface area contributed by atoms with Crippen LogP contribution in [-0.4, -0.2) is 16.2 Å². The number of rotatable bonds is 6. The molecular weight excluding hydrogens is 484 g/mol. The number of ether oxygens (including phenoxy) is 1. The lowest BCUT2D eigenvalue weighted by Crippen LogP contribution is -2.00. The third-order valence-electron chi connectivity index (χ3n) is 4.03. The molecule has 0 unspecified atom stereocenters. The monoisotopic (exact) mass is 498 g/mol. The van der Waals surface area contributed by atoms with E-state index in [-0.39, 0.29) is 0 Å². The number of nitrogens with one attached hydrogen (secondary N) is 2. The number of anilines is 1. The van der Waals surface area contributed by atoms with Gasteiger partial charge in [0.05, 0.1) is 21.7 Å². The summed E-state index contributed by atoms with van der Waals surface area (Å²) in [4.78, 5) is 7.63. The van der Waals surface area contributed by atoms with Crippen LogP contribution >= 0.6 is 31.9 Å². The first kappa shape index (κ1) is 18.7. The highest BCUT2D eigenvalue weighted by atomic mass is 79.9. The van der Waals surface area contributed by atoms with E-state index in [4.69, 9.17) is 4.74 Å². The number of aromatic nitrogens is 2. The molecule has 5 nitrogen and oxygen atoms in total. The number of benzene rings is 3. The van der Waals surface area contributed by atoms with Crippen LogP contribution in [0.2, 0.25) is 0 Å². The molecule has 7 heteroatoms. The molecule has 140 valence electrons. The van der Waals surface area contributed by atoms with E-state index in [1.807, 2.05) is 66.7 Å². The largest absolute Gasteiger partial charge is 0.487 e. The molecule has 1 aromatic heterocycles. The molecule has 0 aliphatic rings. The second kappa shape index (κ2) is 8.58. The molecule has 0 spiro atoms. The highest BCUT2D eigenvalue weighted by Gasteiger charge is 2.10. The van der Waals surface area contributed by atoms with Crippen molar-refractivity contribution >= 4 is 55.1 Å². The minimum atomic E-state index is 0.471. The molecule has 1 heterocycles. The van der Waals surface area contributed by atoms with Gasteiger partial charge in [-0.2, -0.15) is 5.10 Å². The van der Waals surface area contributed by atoms with Crippen molar-refractivity contribution in [2.75, 3.05) is 5.43 Å². The molecule has 4 aromatic rings. The minimum Gasteiger partial charge on any atom is -0.487 e. The van der Waals surface area contributed by atoms with Gasteiger partial charge < -0.3 is 9.72 Å². The molecule has 0 aliphatic heterocycles. The Morgan fingerprint density at radius 2 is 1.82 bits per heavy atom. The molecule has 0 saturated heterocycles. The van der Waals surface area contributed by atoms with Crippen LogP contribution in [0.15, 0.2) is 80.8 Å². The Bertz CT molecular complexity index is 1090. The van der Waals surface area contributed by atoms with E-state index < -0.39 is 0 Å². The van der Waals surface area contributed by atoms with Crippen molar-refractivity contribution in [3.05, 3.63) is 86.8 Å². The number of hydrogen-bond acceptors (Lipinski definition) is 4. The van der Waals surface area contributed by atoms with Crippen molar-refractivity contribution in [2.24, 2.45) is 5.10 Å². The molecule has 0 atom stereocenters. The summed E-state index contributed by atoms with van der Waals surface area (Å²) in [6.07, 6.45) is 1.71. The van der Waals surface area contributed by atoms with E-state index in [0.717, 1.165) is 36.9 Å². The first-order valence-corrected chi connectivity index (χ1v) is 10.2. The zero-order chi connectivity index (χ0) is 19.3. The molecule has 0 amide bonds. The van der Waals surface area contributed by atoms with Crippen LogP contribution in [0.25, 0.3) is 11.0 Å². The normalized spacial score (nSPS) is 11.2. The number of hydrazone groups is 1. The van der Waals surface area contributed by atoms with Crippen LogP contribution in [-0.2, 0) is 6.61 Å². The number of nitrogens with zero attached hydrogens (tertiary/aromatic N) is 2. The number of H-pyrrole nitrogens is 1. The average Bonchev–Trinajstić information content (AvgIpc) is 3.11. The Balaban J connectivity index is 1.53. The average molecular weight is 500 g/mol. The van der Waals surface area contributed by atoms with Gasteiger partial charge in [0.25, 0.3) is 0 Å². The van der Waals surface area contributed by atoms with Gasteiger partial charge in [-0.1, -0.05) is 58.4 Å². The number of halogens is 2. The predicted molar refractivity (Wildman–Crippen MR) is 120 cm³/mol. The van der Waals surface area contributed by atoms with Crippen molar-refractivity contribution in [3.8, 4) is 5.75 Å². The summed E-state index contributed by atoms with van der Waals surface area (Å²) >= 11 is 7.09. The van der Waals surface area contributed by atoms with Gasteiger partial charge in [0.1, 0.15) is 12.4 Å². The van der Waals surface area contributed by atoms with Crippen molar-refractivity contribution in [1.29, 1.82) is 0 Å². The Hall–Kier alpha value is -2.64. The third kappa shape index (κ3) is 4.43. The number of hydrogen-bond donors (Lipinski definition) is 2. The quantitative estimate of drug-likeness (QED) is 0.248. The van der Waals surface area contributed by atoms with E-state index in [1.165, 1.54) is 0 Å². The molecule has 28 heavy (non-hydrogen) atoms. The number of fused-ring (bicyclic) bond motifs is 1. The van der Waals surface area contributed by atoms with Gasteiger partial charge in [0, 0.05) is 10.0 Å². The SMILES string of the molecule is Brc1cc(Br)c(OCc2ccccc2)c(C=NNc2nc3ccccc3[nH]2)c1. The van der Waals surface area contributed by atoms with Gasteiger partial charge in [0.2, 0.25) is 5.95 Å². The van der Waals surface area contributed by atoms with E-state index >= 15 is 0 Å². The smallest absolute Gasteiger partial charge is 0.222 e. The Morgan fingerprint density at radius 3 is 2.64 bits per heavy atom. The Labute approximate surface area is 179 Å². The molecule has 0 radical (unpaired) electrons. The maximum atomic E-state index is 6.05. The van der Waals surface area contributed by atoms with Gasteiger partial charge in [-0.25, -0.2) is 10.4 Å². The Morgan fingerprint density at radius 1 is 1.04 bits per heavy atom. The summed E-state index contributed by atoms with van der Waals surface area (Å²) in [7, 11) is 0. The van der Waals surface area contributed by atoms with Crippen LogP contribution < -0.4 is 10.2 Å². The highest BCUT2D eigenvalue weighted by molar-refractivity contribution is 9.11. The number of aromatic amines is 1. The van der Waals surface area contributed by atoms with E-state index in [9.17, 15) is 0 Å². The van der Waals surface area contributed by atoms with Crippen LogP contribution in [0, 0.1) is 0 Å². The second-order valence-corrected chi connectivity index (χ2v) is 7.82. The van der Waals surface area contributed by atoms with Gasteiger partial charge in [-0.3, -0.25) is 0 Å². The van der Waals surface area contributed by atoms with E-state index in [0.29, 0.717) is 12.6 Å². The molecule has 2 N–H and O–H groups in total. The van der Waals surface area contributed by atoms with Crippen molar-refractivity contribution in [3.63, 3.8) is 0 Å². The molecule has 0 aliphatic carbocycles. The van der Waals surface area contributed by atoms with Gasteiger partial charge >= 0.3 is 0 Å². The van der Waals surface area contributed by atoms with E-state index in [2.05, 4.69) is 52.4 Å². The van der Waals surface area contributed by atoms with Crippen molar-refractivity contribution in [1.82, 2.24) is 9.97 Å². The summed E-state index contributed by atoms with van der Waals surface area (Å²) < 4.78 is 7.83. The Kier molecular flexibility index (Phi) is 5.73. The molecule has 4 rings (SSSR count). The molecule has 0 saturated carbocycles. The van der Waals surface area contributed by atoms with Crippen molar-refractivity contribution in [2.45, 2.75) is 6.61 Å². The fraction of sp³-hybridized carbons (Fsp3) is 0.0476. The third-order valence-corrected chi connectivity index (χ3v) is 5.07. The summed E-state index contributed by atoms with van der Waals surface area (Å²) in [6, 6.07) is 21.8. The van der Waals surface area contributed by atoms with Gasteiger partial charge in [-0.05, 0) is 45.8 Å². The topological polar surface area (TPSA) is 62.3 Å². The first-order valence-electron chi connectivity index (χ1n) is 8.58. The highest BCUT2D eigenvalue weighted by Crippen LogP contribution is 2.32. The number of imidazole rings is 1. The standard InChI is InChI=1S/C21H16Br2N4O/c22-16-10-15(12-24-27-21-25-18-8-4-5-9-19(18)26-21)20(17(23)11-16)28-13-14-6-2-1-3-7-14/h1-12H,13H2,(H2,25,26,27). The summed E-state index contributed by atoms with van der Waals surface area (Å²) in [5, 5.41) is 4.31. The van der Waals surface area contributed by atoms with Crippen LogP contribution in [0.1, 0.15) is 11.1 Å². The summed E-state index contributed by atoms with van der Waals surface area (Å²) in [5.74, 6) is 1.31. The molecule has 0 bridgehead atoms. The first-order chi connectivity index (χ1) is 13.7. The predicted octanol–water partition coefficient (Wildman–Crippen LogP) is 6.11. The molecule has 3 aromatic carbocycles. The number of para-hydroxylation sites is 2. The second-order valence-electron chi connectivity index (χ2n) is 6.05. The lowest BCUT2D eigenvalue weighted by atomic mass is 10.2. The lowest BCUT2D eigenvalue weighted by Gasteiger charge is -2.12. The zero-order valence-electron chi connectivity index (χ0n) is 14.7. The van der Waals surface area contributed by atoms with Crippen LogP contribution in [0.5, 0.6) is 5.75 Å². The maximum Gasteiger partial charge on any atom is 0.222 e. The van der Waals surface area contributed by atoms with Crippen LogP contribution in [0.3, 0.4) is 0 Å². The molecular formula is C21H16Br2N4O. The minimum absolute atomic E-state index is 0.471. The van der Waals surface area contributed by atoms with Gasteiger partial charge in [0.15, 0.2) is 0 Å². The fourth-order valence-corrected chi connectivity index (χ4v) is 4.10. The van der Waals surface area contributed by atoms with Crippen molar-refractivity contribution < 1.29 is 4.74 Å².